The molecule has 162 valence electrons. The Bertz CT molecular complexity index is 976. The fourth-order valence-corrected chi connectivity index (χ4v) is 4.36. The van der Waals surface area contributed by atoms with Gasteiger partial charge in [-0.25, -0.2) is 4.79 Å². The maximum Gasteiger partial charge on any atom is 0.418 e. The Hall–Kier alpha value is -2.33. The Labute approximate surface area is 175 Å². The number of hydrogen-bond acceptors (Lipinski definition) is 5. The van der Waals surface area contributed by atoms with Gasteiger partial charge in [0.1, 0.15) is 5.03 Å². The smallest absolute Gasteiger partial charge is 0.396 e. The molecule has 1 aliphatic rings. The number of nitrogens with one attached hydrogen (secondary N) is 1. The van der Waals surface area contributed by atoms with E-state index in [-0.39, 0.29) is 18.0 Å². The van der Waals surface area contributed by atoms with Crippen LogP contribution in [0.2, 0.25) is 0 Å². The number of rotatable bonds is 7. The zero-order valence-electron chi connectivity index (χ0n) is 16.2. The van der Waals surface area contributed by atoms with E-state index in [1.54, 1.807) is 4.57 Å². The summed E-state index contributed by atoms with van der Waals surface area (Å²) in [6, 6.07) is 4.79. The predicted molar refractivity (Wildman–Crippen MR) is 108 cm³/mol. The third-order valence-electron chi connectivity index (χ3n) is 4.84. The van der Waals surface area contributed by atoms with Crippen molar-refractivity contribution in [2.75, 3.05) is 17.7 Å². The summed E-state index contributed by atoms with van der Waals surface area (Å²) in [6.07, 6.45) is -0.807. The van der Waals surface area contributed by atoms with E-state index in [9.17, 15) is 22.8 Å². The summed E-state index contributed by atoms with van der Waals surface area (Å²) in [5, 5.41) is 11.8. The topological polar surface area (TPSA) is 84.2 Å². The summed E-state index contributed by atoms with van der Waals surface area (Å²) >= 11 is 1.06. The first-order chi connectivity index (χ1) is 14.3. The highest BCUT2D eigenvalue weighted by Gasteiger charge is 2.33. The quantitative estimate of drug-likeness (QED) is 0.509. The molecule has 2 N–H and O–H groups in total. The van der Waals surface area contributed by atoms with Gasteiger partial charge in [0, 0.05) is 24.4 Å². The molecule has 30 heavy (non-hydrogen) atoms. The second-order valence-electron chi connectivity index (χ2n) is 6.94. The second kappa shape index (κ2) is 9.65. The summed E-state index contributed by atoms with van der Waals surface area (Å²) in [6.45, 7) is 0.349. The number of benzene rings is 1. The Morgan fingerprint density at radius 1 is 1.23 bits per heavy atom. The largest absolute Gasteiger partial charge is 0.418 e. The molecule has 1 aromatic carbocycles. The van der Waals surface area contributed by atoms with Crippen molar-refractivity contribution in [1.82, 2.24) is 9.55 Å². The van der Waals surface area contributed by atoms with Crippen molar-refractivity contribution in [2.45, 2.75) is 49.9 Å². The number of aliphatic hydroxyl groups excluding tert-OH is 1. The molecule has 0 aliphatic heterocycles. The lowest BCUT2D eigenvalue weighted by Crippen LogP contribution is -2.30. The highest BCUT2D eigenvalue weighted by molar-refractivity contribution is 8.00. The van der Waals surface area contributed by atoms with Gasteiger partial charge in [-0.1, -0.05) is 23.9 Å². The molecule has 0 saturated carbocycles. The number of anilines is 1. The normalized spacial score (nSPS) is 13.7. The van der Waals surface area contributed by atoms with Crippen LogP contribution < -0.4 is 11.0 Å². The molecular weight excluding hydrogens is 419 g/mol. The molecule has 1 heterocycles. The third kappa shape index (κ3) is 5.23. The van der Waals surface area contributed by atoms with E-state index < -0.39 is 23.3 Å². The average molecular weight is 441 g/mol. The molecule has 0 fully saturated rings. The van der Waals surface area contributed by atoms with Crippen molar-refractivity contribution < 1.29 is 23.1 Å². The zero-order chi connectivity index (χ0) is 21.7. The minimum absolute atomic E-state index is 0.0305. The number of hydrogen-bond donors (Lipinski definition) is 2. The van der Waals surface area contributed by atoms with Crippen molar-refractivity contribution in [3.8, 4) is 0 Å². The molecule has 0 bridgehead atoms. The van der Waals surface area contributed by atoms with Crippen LogP contribution >= 0.6 is 11.8 Å². The lowest BCUT2D eigenvalue weighted by molar-refractivity contribution is -0.137. The summed E-state index contributed by atoms with van der Waals surface area (Å²) < 4.78 is 40.8. The number of carbonyl (C=O) groups excluding carboxylic acids is 1. The van der Waals surface area contributed by atoms with Crippen molar-refractivity contribution in [3.63, 3.8) is 0 Å². The standard InChI is InChI=1S/C20H22F3N3O3S/c21-20(22,23)14-7-2-3-8-15(14)24-17(28)12-30-18-13-6-1-4-9-16(13)26(10-5-11-27)19(29)25-18/h2-3,7-8,27H,1,4-6,9-12H2,(H,24,28). The number of carbonyl (C=O) groups is 1. The van der Waals surface area contributed by atoms with Crippen LogP contribution in [0.1, 0.15) is 36.1 Å². The first kappa shape index (κ1) is 22.4. The van der Waals surface area contributed by atoms with Gasteiger partial charge in [0.05, 0.1) is 17.0 Å². The molecule has 6 nitrogen and oxygen atoms in total. The van der Waals surface area contributed by atoms with Gasteiger partial charge >= 0.3 is 11.9 Å². The molecule has 0 atom stereocenters. The maximum atomic E-state index is 13.1. The van der Waals surface area contributed by atoms with Crippen molar-refractivity contribution in [3.05, 3.63) is 51.6 Å². The van der Waals surface area contributed by atoms with E-state index >= 15 is 0 Å². The molecule has 2 aromatic rings. The Balaban J connectivity index is 1.76. The molecule has 10 heteroatoms. The lowest BCUT2D eigenvalue weighted by atomic mass is 9.97. The molecular formula is C20H22F3N3O3S. The van der Waals surface area contributed by atoms with Crippen LogP contribution in [0.25, 0.3) is 0 Å². The molecule has 1 aromatic heterocycles. The van der Waals surface area contributed by atoms with Crippen LogP contribution in [0.15, 0.2) is 34.1 Å². The first-order valence-corrected chi connectivity index (χ1v) is 10.6. The van der Waals surface area contributed by atoms with E-state index in [4.69, 9.17) is 5.11 Å². The predicted octanol–water partition coefficient (Wildman–Crippen LogP) is 3.25. The van der Waals surface area contributed by atoms with Crippen LogP contribution in [0, 0.1) is 0 Å². The van der Waals surface area contributed by atoms with Crippen LogP contribution in [0.5, 0.6) is 0 Å². The van der Waals surface area contributed by atoms with Gasteiger partial charge < -0.3 is 10.4 Å². The van der Waals surface area contributed by atoms with Gasteiger partial charge in [-0.15, -0.1) is 0 Å². The lowest BCUT2D eigenvalue weighted by Gasteiger charge is -2.22. The van der Waals surface area contributed by atoms with Gasteiger partial charge in [0.2, 0.25) is 5.91 Å². The van der Waals surface area contributed by atoms with E-state index in [2.05, 4.69) is 10.3 Å². The SMILES string of the molecule is O=C(CSc1nc(=O)n(CCCO)c2c1CCCC2)Nc1ccccc1C(F)(F)F. The highest BCUT2D eigenvalue weighted by Crippen LogP contribution is 2.35. The maximum absolute atomic E-state index is 13.1. The number of fused-ring (bicyclic) bond motifs is 1. The summed E-state index contributed by atoms with van der Waals surface area (Å²) in [5.74, 6) is -0.765. The van der Waals surface area contributed by atoms with E-state index in [0.717, 1.165) is 54.8 Å². The number of aromatic nitrogens is 2. The molecule has 3 rings (SSSR count). The molecule has 1 aliphatic carbocycles. The number of nitrogens with zero attached hydrogens (tertiary/aromatic N) is 2. The van der Waals surface area contributed by atoms with Gasteiger partial charge in [-0.05, 0) is 44.2 Å². The number of aliphatic hydroxyl groups is 1. The fraction of sp³-hybridized carbons (Fsp3) is 0.450. The Kier molecular flexibility index (Phi) is 7.19. The van der Waals surface area contributed by atoms with Crippen LogP contribution in [0.3, 0.4) is 0 Å². The van der Waals surface area contributed by atoms with E-state index in [0.29, 0.717) is 18.0 Å². The molecule has 0 spiro atoms. The first-order valence-electron chi connectivity index (χ1n) is 9.63. The van der Waals surface area contributed by atoms with Crippen molar-refractivity contribution >= 4 is 23.4 Å². The zero-order valence-corrected chi connectivity index (χ0v) is 17.0. The number of thioether (sulfide) groups is 1. The summed E-state index contributed by atoms with van der Waals surface area (Å²) in [5.41, 5.74) is 0.136. The van der Waals surface area contributed by atoms with Crippen molar-refractivity contribution in [2.24, 2.45) is 0 Å². The number of para-hydroxylation sites is 1. The Morgan fingerprint density at radius 2 is 1.97 bits per heavy atom. The molecule has 0 radical (unpaired) electrons. The van der Waals surface area contributed by atoms with Crippen molar-refractivity contribution in [1.29, 1.82) is 0 Å². The molecule has 0 unspecified atom stereocenters. The number of amides is 1. The summed E-state index contributed by atoms with van der Waals surface area (Å²) in [7, 11) is 0. The minimum Gasteiger partial charge on any atom is -0.396 e. The van der Waals surface area contributed by atoms with E-state index in [1.807, 2.05) is 0 Å². The summed E-state index contributed by atoms with van der Waals surface area (Å²) in [4.78, 5) is 28.8. The van der Waals surface area contributed by atoms with Crippen LogP contribution in [-0.4, -0.2) is 32.9 Å². The third-order valence-corrected chi connectivity index (χ3v) is 5.85. The fourth-order valence-electron chi connectivity index (χ4n) is 3.49. The van der Waals surface area contributed by atoms with Gasteiger partial charge in [0.25, 0.3) is 0 Å². The van der Waals surface area contributed by atoms with Crippen LogP contribution in [-0.2, 0) is 30.4 Å². The minimum atomic E-state index is -4.57. The number of alkyl halides is 3. The molecule has 0 saturated heterocycles. The Morgan fingerprint density at radius 3 is 2.70 bits per heavy atom. The average Bonchev–Trinajstić information content (AvgIpc) is 2.71. The van der Waals surface area contributed by atoms with Gasteiger partial charge in [0.15, 0.2) is 0 Å². The highest BCUT2D eigenvalue weighted by atomic mass is 32.2. The second-order valence-corrected chi connectivity index (χ2v) is 7.90. The van der Waals surface area contributed by atoms with Gasteiger partial charge in [-0.2, -0.15) is 18.2 Å². The van der Waals surface area contributed by atoms with Gasteiger partial charge in [-0.3, -0.25) is 9.36 Å². The van der Waals surface area contributed by atoms with Crippen LogP contribution in [0.4, 0.5) is 18.9 Å². The monoisotopic (exact) mass is 441 g/mol. The number of halogens is 3. The molecule has 1 amide bonds. The van der Waals surface area contributed by atoms with E-state index in [1.165, 1.54) is 18.2 Å².